The summed E-state index contributed by atoms with van der Waals surface area (Å²) in [4.78, 5) is 0. The Hall–Kier alpha value is -1.71. The van der Waals surface area contributed by atoms with Crippen molar-refractivity contribution >= 4 is 11.6 Å². The van der Waals surface area contributed by atoms with E-state index < -0.39 is 6.10 Å². The minimum absolute atomic E-state index is 0.474. The van der Waals surface area contributed by atoms with Crippen molar-refractivity contribution in [2.24, 2.45) is 0 Å². The molecule has 1 unspecified atom stereocenters. The normalized spacial score (nSPS) is 12.0. The molecule has 0 aliphatic rings. The van der Waals surface area contributed by atoms with E-state index in [0.29, 0.717) is 27.8 Å². The molecule has 0 heterocycles. The summed E-state index contributed by atoms with van der Waals surface area (Å²) in [6.07, 6.45) is -0.604. The predicted octanol–water partition coefficient (Wildman–Crippen LogP) is 4.19. The number of methoxy groups -OCH3 is 1. The third-order valence-corrected chi connectivity index (χ3v) is 3.05. The van der Waals surface area contributed by atoms with Crippen molar-refractivity contribution in [1.29, 1.82) is 0 Å². The first-order valence-electron chi connectivity index (χ1n) is 5.90. The summed E-state index contributed by atoms with van der Waals surface area (Å²) in [6, 6.07) is 12.6. The molecule has 1 atom stereocenters. The number of benzene rings is 2. The zero-order valence-electron chi connectivity index (χ0n) is 10.8. The van der Waals surface area contributed by atoms with Crippen LogP contribution >= 0.6 is 11.6 Å². The molecule has 0 saturated carbocycles. The maximum atomic E-state index is 9.52. The van der Waals surface area contributed by atoms with Crippen molar-refractivity contribution in [2.45, 2.75) is 13.0 Å². The van der Waals surface area contributed by atoms with Gasteiger partial charge in [0, 0.05) is 0 Å². The van der Waals surface area contributed by atoms with E-state index in [9.17, 15) is 5.11 Å². The smallest absolute Gasteiger partial charge is 0.169 e. The fraction of sp³-hybridized carbons (Fsp3) is 0.200. The summed E-state index contributed by atoms with van der Waals surface area (Å²) in [5, 5.41) is 10.00. The van der Waals surface area contributed by atoms with E-state index in [1.807, 2.05) is 24.3 Å². The molecule has 0 bridgehead atoms. The lowest BCUT2D eigenvalue weighted by Crippen LogP contribution is -1.94. The lowest BCUT2D eigenvalue weighted by atomic mass is 10.1. The van der Waals surface area contributed by atoms with Crippen LogP contribution in [0.5, 0.6) is 17.2 Å². The van der Waals surface area contributed by atoms with Gasteiger partial charge in [-0.3, -0.25) is 0 Å². The van der Waals surface area contributed by atoms with Crippen LogP contribution in [0.4, 0.5) is 0 Å². The maximum absolute atomic E-state index is 9.52. The van der Waals surface area contributed by atoms with Crippen LogP contribution in [0, 0.1) is 0 Å². The van der Waals surface area contributed by atoms with Gasteiger partial charge in [-0.05, 0) is 36.8 Å². The molecule has 0 fully saturated rings. The predicted molar refractivity (Wildman–Crippen MR) is 75.2 cm³/mol. The summed E-state index contributed by atoms with van der Waals surface area (Å²) in [6.45, 7) is 1.67. The van der Waals surface area contributed by atoms with E-state index in [1.165, 1.54) is 0 Å². The van der Waals surface area contributed by atoms with Gasteiger partial charge < -0.3 is 14.6 Å². The van der Waals surface area contributed by atoms with Gasteiger partial charge in [-0.25, -0.2) is 0 Å². The van der Waals surface area contributed by atoms with Crippen LogP contribution in [-0.2, 0) is 0 Å². The first-order chi connectivity index (χ1) is 9.11. The van der Waals surface area contributed by atoms with Gasteiger partial charge in [0.1, 0.15) is 5.75 Å². The van der Waals surface area contributed by atoms with E-state index in [2.05, 4.69) is 0 Å². The van der Waals surface area contributed by atoms with Crippen LogP contribution in [-0.4, -0.2) is 12.2 Å². The fourth-order valence-electron chi connectivity index (χ4n) is 1.74. The largest absolute Gasteiger partial charge is 0.493 e. The van der Waals surface area contributed by atoms with Gasteiger partial charge in [0.2, 0.25) is 0 Å². The summed E-state index contributed by atoms with van der Waals surface area (Å²) < 4.78 is 10.9. The molecule has 0 aliphatic heterocycles. The van der Waals surface area contributed by atoms with Crippen molar-refractivity contribution in [3.8, 4) is 17.2 Å². The summed E-state index contributed by atoms with van der Waals surface area (Å²) in [5.74, 6) is 1.86. The second-order valence-corrected chi connectivity index (χ2v) is 4.52. The Labute approximate surface area is 117 Å². The molecular formula is C15H15ClO3. The Morgan fingerprint density at radius 3 is 2.37 bits per heavy atom. The van der Waals surface area contributed by atoms with E-state index in [1.54, 1.807) is 32.2 Å². The summed E-state index contributed by atoms with van der Waals surface area (Å²) in [7, 11) is 1.59. The van der Waals surface area contributed by atoms with Crippen LogP contribution in [0.1, 0.15) is 18.6 Å². The molecule has 0 aliphatic carbocycles. The van der Waals surface area contributed by atoms with Crippen LogP contribution in [0.3, 0.4) is 0 Å². The second kappa shape index (κ2) is 5.95. The third kappa shape index (κ3) is 3.19. The highest BCUT2D eigenvalue weighted by molar-refractivity contribution is 6.31. The Balaban J connectivity index is 2.26. The monoisotopic (exact) mass is 278 g/mol. The molecule has 0 saturated heterocycles. The Morgan fingerprint density at radius 1 is 1.11 bits per heavy atom. The summed E-state index contributed by atoms with van der Waals surface area (Å²) >= 11 is 6.09. The maximum Gasteiger partial charge on any atom is 0.169 e. The highest BCUT2D eigenvalue weighted by Crippen LogP contribution is 2.33. The number of hydrogen-bond donors (Lipinski definition) is 1. The number of hydrogen-bond acceptors (Lipinski definition) is 3. The number of aliphatic hydroxyl groups is 1. The van der Waals surface area contributed by atoms with E-state index in [4.69, 9.17) is 21.1 Å². The lowest BCUT2D eigenvalue weighted by Gasteiger charge is -2.12. The number of para-hydroxylation sites is 2. The molecule has 2 aromatic carbocycles. The summed E-state index contributed by atoms with van der Waals surface area (Å²) in [5.41, 5.74) is 0.675. The van der Waals surface area contributed by atoms with Gasteiger partial charge in [-0.1, -0.05) is 29.8 Å². The molecule has 2 rings (SSSR count). The fourth-order valence-corrected chi connectivity index (χ4v) is 2.07. The van der Waals surface area contributed by atoms with Crippen molar-refractivity contribution in [3.63, 3.8) is 0 Å². The lowest BCUT2D eigenvalue weighted by molar-refractivity contribution is 0.199. The quantitative estimate of drug-likeness (QED) is 0.911. The molecule has 0 spiro atoms. The van der Waals surface area contributed by atoms with Crippen LogP contribution < -0.4 is 9.47 Å². The molecule has 2 aromatic rings. The van der Waals surface area contributed by atoms with Gasteiger partial charge in [0.05, 0.1) is 18.2 Å². The molecule has 3 nitrogen and oxygen atoms in total. The highest BCUT2D eigenvalue weighted by atomic mass is 35.5. The highest BCUT2D eigenvalue weighted by Gasteiger charge is 2.09. The average Bonchev–Trinajstić information content (AvgIpc) is 2.39. The first-order valence-corrected chi connectivity index (χ1v) is 6.28. The standard InChI is InChI=1S/C15H15ClO3/c1-10(17)12-8-7-11(9-13(12)16)19-15-6-4-3-5-14(15)18-2/h3-10,17H,1-2H3. The van der Waals surface area contributed by atoms with Gasteiger partial charge in [0.25, 0.3) is 0 Å². The van der Waals surface area contributed by atoms with E-state index in [0.717, 1.165) is 0 Å². The van der Waals surface area contributed by atoms with Crippen LogP contribution in [0.2, 0.25) is 5.02 Å². The number of ether oxygens (including phenoxy) is 2. The van der Waals surface area contributed by atoms with Crippen molar-refractivity contribution in [2.75, 3.05) is 7.11 Å². The van der Waals surface area contributed by atoms with Crippen molar-refractivity contribution in [3.05, 3.63) is 53.1 Å². The molecule has 100 valence electrons. The van der Waals surface area contributed by atoms with Gasteiger partial charge >= 0.3 is 0 Å². The van der Waals surface area contributed by atoms with Gasteiger partial charge in [-0.2, -0.15) is 0 Å². The van der Waals surface area contributed by atoms with Crippen LogP contribution in [0.15, 0.2) is 42.5 Å². The molecule has 0 radical (unpaired) electrons. The number of rotatable bonds is 4. The number of halogens is 1. The zero-order chi connectivity index (χ0) is 13.8. The Bertz CT molecular complexity index is 567. The first kappa shape index (κ1) is 13.7. The van der Waals surface area contributed by atoms with Crippen LogP contribution in [0.25, 0.3) is 0 Å². The van der Waals surface area contributed by atoms with Crippen molar-refractivity contribution in [1.82, 2.24) is 0 Å². The minimum atomic E-state index is -0.604. The molecule has 0 aromatic heterocycles. The SMILES string of the molecule is COc1ccccc1Oc1ccc(C(C)O)c(Cl)c1. The number of aliphatic hydroxyl groups excluding tert-OH is 1. The zero-order valence-corrected chi connectivity index (χ0v) is 11.5. The average molecular weight is 279 g/mol. The second-order valence-electron chi connectivity index (χ2n) is 4.11. The van der Waals surface area contributed by atoms with E-state index in [-0.39, 0.29) is 0 Å². The Kier molecular flexibility index (Phi) is 4.30. The Morgan fingerprint density at radius 2 is 1.79 bits per heavy atom. The minimum Gasteiger partial charge on any atom is -0.493 e. The molecular weight excluding hydrogens is 264 g/mol. The van der Waals surface area contributed by atoms with E-state index >= 15 is 0 Å². The van der Waals surface area contributed by atoms with Crippen molar-refractivity contribution < 1.29 is 14.6 Å². The van der Waals surface area contributed by atoms with Gasteiger partial charge in [0.15, 0.2) is 11.5 Å². The molecule has 1 N–H and O–H groups in total. The van der Waals surface area contributed by atoms with Gasteiger partial charge in [-0.15, -0.1) is 0 Å². The third-order valence-electron chi connectivity index (χ3n) is 2.72. The molecule has 19 heavy (non-hydrogen) atoms. The topological polar surface area (TPSA) is 38.7 Å². The molecule has 0 amide bonds. The molecule has 4 heteroatoms.